The summed E-state index contributed by atoms with van der Waals surface area (Å²) in [5.41, 5.74) is -0.541. The van der Waals surface area contributed by atoms with Crippen LogP contribution in [0.3, 0.4) is 0 Å². The molecule has 0 spiro atoms. The highest BCUT2D eigenvalue weighted by atomic mass is 35.5. The maximum atomic E-state index is 11.5. The number of halogens is 2. The van der Waals surface area contributed by atoms with Gasteiger partial charge in [-0.25, -0.2) is 13.6 Å². The molecule has 118 valence electrons. The number of rotatable bonds is 5. The van der Waals surface area contributed by atoms with E-state index in [0.29, 0.717) is 41.9 Å². The molecule has 0 bridgehead atoms. The summed E-state index contributed by atoms with van der Waals surface area (Å²) < 4.78 is 33.9. The Labute approximate surface area is 134 Å². The van der Waals surface area contributed by atoms with Gasteiger partial charge >= 0.3 is 0 Å². The molecule has 1 aliphatic heterocycles. The molecule has 0 saturated carbocycles. The van der Waals surface area contributed by atoms with Crippen LogP contribution in [0.4, 0.5) is 0 Å². The Hall–Kier alpha value is -0.530. The Kier molecular flexibility index (Phi) is 5.38. The molecule has 2 rings (SSSR count). The lowest BCUT2D eigenvalue weighted by Crippen LogP contribution is -2.42. The maximum Gasteiger partial charge on any atom is 0.209 e. The number of nitrogens with two attached hydrogens (primary N) is 1. The van der Waals surface area contributed by atoms with Gasteiger partial charge in [0.05, 0.1) is 12.4 Å². The number of sulfonamides is 1. The van der Waals surface area contributed by atoms with Crippen LogP contribution in [0.5, 0.6) is 5.75 Å². The van der Waals surface area contributed by atoms with Crippen molar-refractivity contribution in [1.29, 1.82) is 0 Å². The fourth-order valence-corrected chi connectivity index (χ4v) is 4.14. The van der Waals surface area contributed by atoms with Crippen molar-refractivity contribution >= 4 is 33.2 Å². The van der Waals surface area contributed by atoms with E-state index in [2.05, 4.69) is 0 Å². The van der Waals surface area contributed by atoms with Crippen LogP contribution in [-0.2, 0) is 14.8 Å². The van der Waals surface area contributed by atoms with Gasteiger partial charge in [-0.05, 0) is 31.0 Å². The Bertz CT molecular complexity index is 580. The molecular weight excluding hydrogens is 337 g/mol. The lowest BCUT2D eigenvalue weighted by Gasteiger charge is -2.36. The average Bonchev–Trinajstić information content (AvgIpc) is 2.34. The second kappa shape index (κ2) is 6.71. The predicted octanol–water partition coefficient (Wildman–Crippen LogP) is 2.46. The van der Waals surface area contributed by atoms with Crippen molar-refractivity contribution < 1.29 is 17.9 Å². The van der Waals surface area contributed by atoms with Crippen LogP contribution in [0.1, 0.15) is 12.8 Å². The maximum absolute atomic E-state index is 11.5. The third-order valence-electron chi connectivity index (χ3n) is 3.44. The molecule has 1 fully saturated rings. The number of benzene rings is 1. The van der Waals surface area contributed by atoms with E-state index in [1.807, 2.05) is 0 Å². The molecule has 21 heavy (non-hydrogen) atoms. The zero-order chi connectivity index (χ0) is 15.5. The summed E-state index contributed by atoms with van der Waals surface area (Å²) in [6.07, 6.45) is 1.16. The predicted molar refractivity (Wildman–Crippen MR) is 82.4 cm³/mol. The first kappa shape index (κ1) is 16.8. The van der Waals surface area contributed by atoms with Crippen molar-refractivity contribution in [2.75, 3.05) is 25.6 Å². The van der Waals surface area contributed by atoms with Gasteiger partial charge < -0.3 is 9.47 Å². The molecule has 0 radical (unpaired) electrons. The van der Waals surface area contributed by atoms with Gasteiger partial charge in [0.15, 0.2) is 0 Å². The van der Waals surface area contributed by atoms with Gasteiger partial charge in [0.25, 0.3) is 0 Å². The molecule has 8 heteroatoms. The van der Waals surface area contributed by atoms with E-state index < -0.39 is 15.4 Å². The van der Waals surface area contributed by atoms with Crippen molar-refractivity contribution in [3.05, 3.63) is 28.2 Å². The van der Waals surface area contributed by atoms with Crippen molar-refractivity contribution in [3.63, 3.8) is 0 Å². The Morgan fingerprint density at radius 3 is 2.29 bits per heavy atom. The van der Waals surface area contributed by atoms with Crippen LogP contribution in [0.25, 0.3) is 0 Å². The number of hydrogen-bond donors (Lipinski definition) is 1. The summed E-state index contributed by atoms with van der Waals surface area (Å²) >= 11 is 11.8. The number of ether oxygens (including phenoxy) is 2. The molecule has 1 heterocycles. The van der Waals surface area contributed by atoms with Gasteiger partial charge in [0, 0.05) is 28.7 Å². The molecule has 1 aromatic rings. The molecular formula is C13H17Cl2NO4S. The summed E-state index contributed by atoms with van der Waals surface area (Å²) in [6, 6.07) is 4.87. The third kappa shape index (κ3) is 5.30. The first-order chi connectivity index (χ1) is 9.78. The summed E-state index contributed by atoms with van der Waals surface area (Å²) in [7, 11) is -3.59. The van der Waals surface area contributed by atoms with Crippen LogP contribution in [-0.4, -0.2) is 34.0 Å². The van der Waals surface area contributed by atoms with Crippen LogP contribution in [0.2, 0.25) is 10.0 Å². The van der Waals surface area contributed by atoms with Gasteiger partial charge in [0.2, 0.25) is 10.0 Å². The Balaban J connectivity index is 2.11. The smallest absolute Gasteiger partial charge is 0.209 e. The highest BCUT2D eigenvalue weighted by molar-refractivity contribution is 7.89. The largest absolute Gasteiger partial charge is 0.493 e. The fourth-order valence-electron chi connectivity index (χ4n) is 2.41. The molecule has 0 aromatic heterocycles. The van der Waals surface area contributed by atoms with E-state index in [1.54, 1.807) is 18.2 Å². The quantitative estimate of drug-likeness (QED) is 0.881. The van der Waals surface area contributed by atoms with E-state index in [1.165, 1.54) is 0 Å². The summed E-state index contributed by atoms with van der Waals surface area (Å²) in [4.78, 5) is 0. The average molecular weight is 354 g/mol. The molecule has 5 nitrogen and oxygen atoms in total. The molecule has 2 N–H and O–H groups in total. The van der Waals surface area contributed by atoms with Gasteiger partial charge in [-0.15, -0.1) is 0 Å². The van der Waals surface area contributed by atoms with Crippen molar-refractivity contribution in [1.82, 2.24) is 0 Å². The molecule has 0 amide bonds. The highest BCUT2D eigenvalue weighted by Crippen LogP contribution is 2.33. The van der Waals surface area contributed by atoms with E-state index >= 15 is 0 Å². The minimum absolute atomic E-state index is 0.127. The van der Waals surface area contributed by atoms with Crippen LogP contribution >= 0.6 is 23.2 Å². The van der Waals surface area contributed by atoms with E-state index in [9.17, 15) is 8.42 Å². The van der Waals surface area contributed by atoms with Crippen molar-refractivity contribution in [3.8, 4) is 5.75 Å². The second-order valence-corrected chi connectivity index (χ2v) is 7.80. The zero-order valence-electron chi connectivity index (χ0n) is 11.3. The second-order valence-electron chi connectivity index (χ2n) is 5.31. The van der Waals surface area contributed by atoms with Gasteiger partial charge in [-0.1, -0.05) is 23.2 Å². The molecule has 1 saturated heterocycles. The van der Waals surface area contributed by atoms with E-state index in [0.717, 1.165) is 0 Å². The first-order valence-electron chi connectivity index (χ1n) is 6.45. The van der Waals surface area contributed by atoms with Gasteiger partial charge in [-0.2, -0.15) is 0 Å². The zero-order valence-corrected chi connectivity index (χ0v) is 13.7. The normalized spacial score (nSPS) is 18.4. The Morgan fingerprint density at radius 1 is 1.19 bits per heavy atom. The third-order valence-corrected chi connectivity index (χ3v) is 4.89. The summed E-state index contributed by atoms with van der Waals surface area (Å²) in [5.74, 6) is 0.380. The van der Waals surface area contributed by atoms with E-state index in [-0.39, 0.29) is 12.4 Å². The Morgan fingerprint density at radius 2 is 1.76 bits per heavy atom. The van der Waals surface area contributed by atoms with Crippen molar-refractivity contribution in [2.24, 2.45) is 10.6 Å². The van der Waals surface area contributed by atoms with Crippen LogP contribution in [0.15, 0.2) is 18.2 Å². The fraction of sp³-hybridized carbons (Fsp3) is 0.538. The summed E-state index contributed by atoms with van der Waals surface area (Å²) in [5, 5.41) is 6.13. The topological polar surface area (TPSA) is 78.6 Å². The molecule has 0 unspecified atom stereocenters. The molecule has 1 aromatic carbocycles. The lowest BCUT2D eigenvalue weighted by molar-refractivity contribution is 0.00210. The van der Waals surface area contributed by atoms with Crippen molar-refractivity contribution in [2.45, 2.75) is 12.8 Å². The number of hydrogen-bond acceptors (Lipinski definition) is 4. The first-order valence-corrected chi connectivity index (χ1v) is 8.92. The lowest BCUT2D eigenvalue weighted by atomic mass is 9.83. The number of primary sulfonamides is 1. The monoisotopic (exact) mass is 353 g/mol. The minimum atomic E-state index is -3.59. The van der Waals surface area contributed by atoms with E-state index in [4.69, 9.17) is 37.8 Å². The SMILES string of the molecule is NS(=O)(=O)CC1(COc2cc(Cl)cc(Cl)c2)CCOCC1. The van der Waals surface area contributed by atoms with Crippen LogP contribution < -0.4 is 9.88 Å². The molecule has 0 aliphatic carbocycles. The molecule has 0 atom stereocenters. The molecule has 1 aliphatic rings. The van der Waals surface area contributed by atoms with Crippen LogP contribution in [0, 0.1) is 5.41 Å². The highest BCUT2D eigenvalue weighted by Gasteiger charge is 2.37. The summed E-state index contributed by atoms with van der Waals surface area (Å²) in [6.45, 7) is 1.22. The standard InChI is InChI=1S/C13H17Cl2NO4S/c14-10-5-11(15)7-12(6-10)20-8-13(9-21(16,17)18)1-3-19-4-2-13/h5-7H,1-4,8-9H2,(H2,16,17,18). The minimum Gasteiger partial charge on any atom is -0.493 e. The van der Waals surface area contributed by atoms with Gasteiger partial charge in [0.1, 0.15) is 5.75 Å². The van der Waals surface area contributed by atoms with Gasteiger partial charge in [-0.3, -0.25) is 0 Å².